The third kappa shape index (κ3) is 5.15. The van der Waals surface area contributed by atoms with Gasteiger partial charge in [0.15, 0.2) is 5.78 Å². The fourth-order valence-corrected chi connectivity index (χ4v) is 5.80. The molecule has 1 aliphatic carbocycles. The second-order valence-electron chi connectivity index (χ2n) is 10.7. The summed E-state index contributed by atoms with van der Waals surface area (Å²) in [4.78, 5) is 40.8. The predicted octanol–water partition coefficient (Wildman–Crippen LogP) is 4.75. The van der Waals surface area contributed by atoms with Crippen LogP contribution >= 0.6 is 0 Å². The molecule has 3 aliphatic rings. The fourth-order valence-electron chi connectivity index (χ4n) is 5.80. The summed E-state index contributed by atoms with van der Waals surface area (Å²) in [6.07, 6.45) is -2.60. The van der Waals surface area contributed by atoms with Crippen LogP contribution in [0.2, 0.25) is 0 Å². The Morgan fingerprint density at radius 3 is 2.48 bits per heavy atom. The van der Waals surface area contributed by atoms with Gasteiger partial charge < -0.3 is 14.2 Å². The molecule has 0 radical (unpaired) electrons. The number of ether oxygens (including phenoxy) is 1. The van der Waals surface area contributed by atoms with Gasteiger partial charge >= 0.3 is 6.18 Å². The molecule has 40 heavy (non-hydrogen) atoms. The minimum Gasteiger partial charge on any atom is -0.489 e. The van der Waals surface area contributed by atoms with Gasteiger partial charge in [0.25, 0.3) is 5.91 Å². The second kappa shape index (κ2) is 10.2. The van der Waals surface area contributed by atoms with E-state index in [4.69, 9.17) is 4.74 Å². The van der Waals surface area contributed by atoms with Gasteiger partial charge in [0.2, 0.25) is 0 Å². The van der Waals surface area contributed by atoms with Gasteiger partial charge in [-0.25, -0.2) is 0 Å². The molecule has 1 fully saturated rings. The van der Waals surface area contributed by atoms with Crippen LogP contribution in [0.25, 0.3) is 0 Å². The van der Waals surface area contributed by atoms with E-state index in [9.17, 15) is 27.6 Å². The summed E-state index contributed by atoms with van der Waals surface area (Å²) < 4.78 is 46.9. The molecule has 6 rings (SSSR count). The highest BCUT2D eigenvalue weighted by atomic mass is 19.4. The van der Waals surface area contributed by atoms with E-state index in [0.29, 0.717) is 62.6 Å². The molecule has 2 aromatic carbocycles. The van der Waals surface area contributed by atoms with Crippen LogP contribution in [0.3, 0.4) is 0 Å². The van der Waals surface area contributed by atoms with Gasteiger partial charge in [0.05, 0.1) is 24.6 Å². The smallest absolute Gasteiger partial charge is 0.417 e. The summed E-state index contributed by atoms with van der Waals surface area (Å²) in [5.41, 5.74) is 3.32. The zero-order chi connectivity index (χ0) is 28.0. The van der Waals surface area contributed by atoms with Crippen molar-refractivity contribution in [3.8, 4) is 5.75 Å². The molecule has 3 heterocycles. The molecule has 0 N–H and O–H groups in total. The molecule has 1 aromatic heterocycles. The van der Waals surface area contributed by atoms with E-state index in [1.54, 1.807) is 21.6 Å². The fraction of sp³-hybridized carbons (Fsp3) is 0.367. The number of carbonyl (C=O) groups excluding carboxylic acids is 3. The first-order valence-electron chi connectivity index (χ1n) is 13.3. The van der Waals surface area contributed by atoms with Crippen molar-refractivity contribution in [2.75, 3.05) is 6.54 Å². The summed E-state index contributed by atoms with van der Waals surface area (Å²) in [5, 5.41) is 0. The average Bonchev–Trinajstić information content (AvgIpc) is 3.50. The number of amides is 1. The number of benzene rings is 2. The zero-order valence-corrected chi connectivity index (χ0v) is 21.7. The summed E-state index contributed by atoms with van der Waals surface area (Å²) in [6.45, 7) is 2.84. The van der Waals surface area contributed by atoms with Crippen LogP contribution in [0, 0.1) is 0 Å². The predicted molar refractivity (Wildman–Crippen MR) is 138 cm³/mol. The Bertz CT molecular complexity index is 1480. The van der Waals surface area contributed by atoms with Crippen LogP contribution in [-0.2, 0) is 48.6 Å². The Kier molecular flexibility index (Phi) is 6.74. The third-order valence-electron chi connectivity index (χ3n) is 7.95. The maximum absolute atomic E-state index is 13.1. The monoisotopic (exact) mass is 551 g/mol. The minimum absolute atomic E-state index is 0.0777. The van der Waals surface area contributed by atoms with Gasteiger partial charge in [-0.05, 0) is 35.7 Å². The molecular formula is C30H28F3N3O4. The van der Waals surface area contributed by atoms with Crippen molar-refractivity contribution in [2.45, 2.75) is 64.3 Å². The normalized spacial score (nSPS) is 19.6. The van der Waals surface area contributed by atoms with Crippen LogP contribution in [0.1, 0.15) is 57.6 Å². The van der Waals surface area contributed by atoms with Crippen molar-refractivity contribution < 1.29 is 32.3 Å². The van der Waals surface area contributed by atoms with Gasteiger partial charge in [0.1, 0.15) is 18.1 Å². The molecule has 10 heteroatoms. The third-order valence-corrected chi connectivity index (χ3v) is 7.95. The standard InChI is InChI=1S/C30H28F3N3O4/c31-30(32,33)21-12-22-16-34(10-11-35(22)15-21)14-19-4-6-20(7-5-19)18-40-28-3-1-2-24-25(28)17-36(29(24)39)26-9-8-23(37)13-27(26)38/h1-7,12,15,26H,8-11,13-14,16-18H2. The lowest BCUT2D eigenvalue weighted by Gasteiger charge is -2.29. The second-order valence-corrected chi connectivity index (χ2v) is 10.7. The Balaban J connectivity index is 1.07. The minimum atomic E-state index is -4.34. The number of nitrogens with zero attached hydrogens (tertiary/aromatic N) is 3. The Hall–Kier alpha value is -3.92. The highest BCUT2D eigenvalue weighted by molar-refractivity contribution is 6.07. The van der Waals surface area contributed by atoms with Crippen LogP contribution in [0.4, 0.5) is 13.2 Å². The lowest BCUT2D eigenvalue weighted by molar-refractivity contribution is -0.137. The molecule has 1 unspecified atom stereocenters. The quantitative estimate of drug-likeness (QED) is 0.414. The van der Waals surface area contributed by atoms with E-state index >= 15 is 0 Å². The van der Waals surface area contributed by atoms with Gasteiger partial charge in [-0.3, -0.25) is 19.3 Å². The average molecular weight is 552 g/mol. The summed E-state index contributed by atoms with van der Waals surface area (Å²) in [6, 6.07) is 13.9. The number of ketones is 2. The SMILES string of the molecule is O=C1CCC(N2Cc3c(OCc4ccc(CN5CCn6cc(C(F)(F)F)cc6C5)cc4)cccc3C2=O)C(=O)C1. The number of carbonyl (C=O) groups is 3. The van der Waals surface area contributed by atoms with E-state index in [2.05, 4.69) is 4.90 Å². The van der Waals surface area contributed by atoms with Gasteiger partial charge in [-0.2, -0.15) is 13.2 Å². The van der Waals surface area contributed by atoms with E-state index in [1.165, 1.54) is 12.3 Å². The van der Waals surface area contributed by atoms with E-state index < -0.39 is 17.8 Å². The molecule has 0 spiro atoms. The van der Waals surface area contributed by atoms with Crippen LogP contribution in [0.5, 0.6) is 5.75 Å². The Morgan fingerprint density at radius 2 is 1.73 bits per heavy atom. The van der Waals surface area contributed by atoms with Crippen molar-refractivity contribution in [1.82, 2.24) is 14.4 Å². The van der Waals surface area contributed by atoms with Crippen LogP contribution in [-0.4, -0.2) is 44.4 Å². The van der Waals surface area contributed by atoms with Crippen LogP contribution < -0.4 is 4.74 Å². The molecule has 1 atom stereocenters. The van der Waals surface area contributed by atoms with E-state index in [0.717, 1.165) is 16.7 Å². The Labute approximate surface area is 229 Å². The number of halogens is 3. The molecule has 7 nitrogen and oxygen atoms in total. The maximum Gasteiger partial charge on any atom is 0.417 e. The summed E-state index contributed by atoms with van der Waals surface area (Å²) >= 11 is 0. The molecule has 0 saturated heterocycles. The maximum atomic E-state index is 13.1. The molecule has 208 valence electrons. The summed E-state index contributed by atoms with van der Waals surface area (Å²) in [7, 11) is 0. The van der Waals surface area contributed by atoms with Crippen LogP contribution in [0.15, 0.2) is 54.7 Å². The van der Waals surface area contributed by atoms with Gasteiger partial charge in [-0.1, -0.05) is 30.3 Å². The largest absolute Gasteiger partial charge is 0.489 e. The highest BCUT2D eigenvalue weighted by Crippen LogP contribution is 2.35. The number of fused-ring (bicyclic) bond motifs is 2. The molecule has 2 aliphatic heterocycles. The van der Waals surface area contributed by atoms with Gasteiger partial charge in [0, 0.05) is 55.6 Å². The molecule has 1 saturated carbocycles. The zero-order valence-electron chi connectivity index (χ0n) is 21.7. The molecular weight excluding hydrogens is 523 g/mol. The lowest BCUT2D eigenvalue weighted by Crippen LogP contribution is -2.44. The Morgan fingerprint density at radius 1 is 0.950 bits per heavy atom. The number of hydrogen-bond donors (Lipinski definition) is 0. The number of Topliss-reactive ketones (excluding diaryl/α,β-unsaturated/α-hetero) is 2. The van der Waals surface area contributed by atoms with E-state index in [1.807, 2.05) is 30.3 Å². The van der Waals surface area contributed by atoms with Gasteiger partial charge in [-0.15, -0.1) is 0 Å². The molecule has 1 amide bonds. The highest BCUT2D eigenvalue weighted by Gasteiger charge is 2.40. The number of aromatic nitrogens is 1. The van der Waals surface area contributed by atoms with Crippen molar-refractivity contribution in [2.24, 2.45) is 0 Å². The first-order chi connectivity index (χ1) is 19.2. The molecule has 0 bridgehead atoms. The number of alkyl halides is 3. The number of hydrogen-bond acceptors (Lipinski definition) is 5. The topological polar surface area (TPSA) is 71.8 Å². The first kappa shape index (κ1) is 26.3. The first-order valence-corrected chi connectivity index (χ1v) is 13.3. The summed E-state index contributed by atoms with van der Waals surface area (Å²) in [5.74, 6) is 0.0963. The molecule has 3 aromatic rings. The van der Waals surface area contributed by atoms with E-state index in [-0.39, 0.29) is 30.4 Å². The number of rotatable bonds is 6. The van der Waals surface area contributed by atoms with Crippen molar-refractivity contribution in [3.05, 3.63) is 88.2 Å². The lowest BCUT2D eigenvalue weighted by atomic mass is 9.92. The van der Waals surface area contributed by atoms with Crippen molar-refractivity contribution >= 4 is 17.5 Å². The van der Waals surface area contributed by atoms with Crippen molar-refractivity contribution in [3.63, 3.8) is 0 Å². The van der Waals surface area contributed by atoms with Crippen molar-refractivity contribution in [1.29, 1.82) is 0 Å².